The minimum Gasteiger partial charge on any atom is -0.508 e. The van der Waals surface area contributed by atoms with Crippen LogP contribution in [0.4, 0.5) is 0 Å². The van der Waals surface area contributed by atoms with Gasteiger partial charge in [0.05, 0.1) is 5.60 Å². The molecular weight excluding hydrogens is 202 g/mol. The molecule has 0 amide bonds. The highest BCUT2D eigenvalue weighted by atomic mass is 16.3. The zero-order chi connectivity index (χ0) is 11.6. The summed E-state index contributed by atoms with van der Waals surface area (Å²) < 4.78 is 0. The zero-order valence-corrected chi connectivity index (χ0v) is 9.66. The number of phenols is 1. The topological polar surface area (TPSA) is 52.5 Å². The van der Waals surface area contributed by atoms with Crippen molar-refractivity contribution >= 4 is 0 Å². The molecule has 1 saturated heterocycles. The molecular formula is C13H19NO2. The predicted octanol–water partition coefficient (Wildman–Crippen LogP) is 1.36. The summed E-state index contributed by atoms with van der Waals surface area (Å²) in [6.45, 7) is 3.65. The molecule has 3 heteroatoms. The molecule has 1 aromatic rings. The van der Waals surface area contributed by atoms with E-state index < -0.39 is 5.60 Å². The van der Waals surface area contributed by atoms with Crippen molar-refractivity contribution in [3.63, 3.8) is 0 Å². The third-order valence-corrected chi connectivity index (χ3v) is 3.29. The van der Waals surface area contributed by atoms with E-state index in [0.29, 0.717) is 12.2 Å². The van der Waals surface area contributed by atoms with Crippen LogP contribution in [-0.4, -0.2) is 28.9 Å². The van der Waals surface area contributed by atoms with Crippen molar-refractivity contribution in [1.82, 2.24) is 5.32 Å². The second-order valence-corrected chi connectivity index (χ2v) is 4.78. The molecule has 0 aromatic heterocycles. The number of phenolic OH excluding ortho intramolecular Hbond substituents is 1. The smallest absolute Gasteiger partial charge is 0.119 e. The second-order valence-electron chi connectivity index (χ2n) is 4.78. The summed E-state index contributed by atoms with van der Waals surface area (Å²) in [5, 5.41) is 23.4. The monoisotopic (exact) mass is 221 g/mol. The minimum absolute atomic E-state index is 0.298. The van der Waals surface area contributed by atoms with E-state index in [1.165, 1.54) is 0 Å². The van der Waals surface area contributed by atoms with Gasteiger partial charge in [0.15, 0.2) is 0 Å². The Morgan fingerprint density at radius 1 is 1.31 bits per heavy atom. The minimum atomic E-state index is -0.655. The van der Waals surface area contributed by atoms with Crippen LogP contribution < -0.4 is 5.32 Å². The van der Waals surface area contributed by atoms with Gasteiger partial charge < -0.3 is 15.5 Å². The third kappa shape index (κ3) is 2.54. The zero-order valence-electron chi connectivity index (χ0n) is 9.66. The molecule has 0 saturated carbocycles. The van der Waals surface area contributed by atoms with Crippen molar-refractivity contribution in [3.05, 3.63) is 29.3 Å². The van der Waals surface area contributed by atoms with Crippen molar-refractivity contribution in [2.45, 2.75) is 31.8 Å². The lowest BCUT2D eigenvalue weighted by molar-refractivity contribution is 0.0104. The first-order valence-corrected chi connectivity index (χ1v) is 5.81. The molecule has 1 heterocycles. The molecule has 1 aliphatic heterocycles. The van der Waals surface area contributed by atoms with Crippen LogP contribution in [0.15, 0.2) is 18.2 Å². The molecule has 0 radical (unpaired) electrons. The maximum atomic E-state index is 10.4. The highest BCUT2D eigenvalue weighted by Crippen LogP contribution is 2.28. The molecule has 0 unspecified atom stereocenters. The Bertz CT molecular complexity index is 370. The van der Waals surface area contributed by atoms with Gasteiger partial charge in [0.1, 0.15) is 5.75 Å². The van der Waals surface area contributed by atoms with Crippen LogP contribution in [0, 0.1) is 6.92 Å². The average Bonchev–Trinajstić information content (AvgIpc) is 2.23. The Kier molecular flexibility index (Phi) is 3.17. The molecule has 3 nitrogen and oxygen atoms in total. The fraction of sp³-hybridized carbons (Fsp3) is 0.538. The van der Waals surface area contributed by atoms with Crippen LogP contribution in [0.1, 0.15) is 24.0 Å². The summed E-state index contributed by atoms with van der Waals surface area (Å²) in [6.07, 6.45) is 2.04. The van der Waals surface area contributed by atoms with E-state index in [9.17, 15) is 10.2 Å². The fourth-order valence-electron chi connectivity index (χ4n) is 2.25. The van der Waals surface area contributed by atoms with Crippen molar-refractivity contribution in [3.8, 4) is 5.75 Å². The molecule has 3 N–H and O–H groups in total. The normalized spacial score (nSPS) is 19.6. The average molecular weight is 221 g/mol. The first kappa shape index (κ1) is 11.4. The molecule has 88 valence electrons. The van der Waals surface area contributed by atoms with E-state index in [1.807, 2.05) is 19.1 Å². The summed E-state index contributed by atoms with van der Waals surface area (Å²) >= 11 is 0. The highest BCUT2D eigenvalue weighted by molar-refractivity contribution is 5.36. The van der Waals surface area contributed by atoms with Crippen LogP contribution >= 0.6 is 0 Å². The van der Waals surface area contributed by atoms with Gasteiger partial charge in [0, 0.05) is 6.42 Å². The molecule has 0 bridgehead atoms. The molecule has 1 fully saturated rings. The van der Waals surface area contributed by atoms with Gasteiger partial charge in [-0.25, -0.2) is 0 Å². The SMILES string of the molecule is Cc1ccc(CC2(O)CCNCC2)c(O)c1. The summed E-state index contributed by atoms with van der Waals surface area (Å²) in [5.74, 6) is 0.298. The van der Waals surface area contributed by atoms with Gasteiger partial charge in [0.25, 0.3) is 0 Å². The van der Waals surface area contributed by atoms with Gasteiger partial charge in [-0.1, -0.05) is 12.1 Å². The number of aliphatic hydroxyl groups is 1. The van der Waals surface area contributed by atoms with Crippen molar-refractivity contribution in [2.24, 2.45) is 0 Å². The van der Waals surface area contributed by atoms with Gasteiger partial charge in [0.2, 0.25) is 0 Å². The van der Waals surface area contributed by atoms with E-state index in [1.54, 1.807) is 6.07 Å². The number of hydrogen-bond donors (Lipinski definition) is 3. The van der Waals surface area contributed by atoms with E-state index in [2.05, 4.69) is 5.32 Å². The van der Waals surface area contributed by atoms with Gasteiger partial charge in [-0.15, -0.1) is 0 Å². The van der Waals surface area contributed by atoms with Crippen LogP contribution in [0.25, 0.3) is 0 Å². The van der Waals surface area contributed by atoms with Crippen molar-refractivity contribution in [1.29, 1.82) is 0 Å². The van der Waals surface area contributed by atoms with Crippen LogP contribution in [0.2, 0.25) is 0 Å². The quantitative estimate of drug-likeness (QED) is 0.706. The van der Waals surface area contributed by atoms with Gasteiger partial charge in [-0.05, 0) is 50.0 Å². The maximum Gasteiger partial charge on any atom is 0.119 e. The molecule has 16 heavy (non-hydrogen) atoms. The highest BCUT2D eigenvalue weighted by Gasteiger charge is 2.29. The van der Waals surface area contributed by atoms with Crippen molar-refractivity contribution in [2.75, 3.05) is 13.1 Å². The lowest BCUT2D eigenvalue weighted by Crippen LogP contribution is -2.43. The van der Waals surface area contributed by atoms with Gasteiger partial charge >= 0.3 is 0 Å². The molecule has 1 aliphatic rings. The Hall–Kier alpha value is -1.06. The Morgan fingerprint density at radius 3 is 2.62 bits per heavy atom. The summed E-state index contributed by atoms with van der Waals surface area (Å²) in [6, 6.07) is 5.63. The summed E-state index contributed by atoms with van der Waals surface area (Å²) in [4.78, 5) is 0. The number of piperidine rings is 1. The van der Waals surface area contributed by atoms with Crippen LogP contribution in [0.5, 0.6) is 5.75 Å². The number of rotatable bonds is 2. The van der Waals surface area contributed by atoms with E-state index in [4.69, 9.17) is 0 Å². The van der Waals surface area contributed by atoms with Crippen LogP contribution in [-0.2, 0) is 6.42 Å². The first-order chi connectivity index (χ1) is 7.59. The summed E-state index contributed by atoms with van der Waals surface area (Å²) in [5.41, 5.74) is 1.23. The molecule has 1 aromatic carbocycles. The number of hydrogen-bond acceptors (Lipinski definition) is 3. The largest absolute Gasteiger partial charge is 0.508 e. The first-order valence-electron chi connectivity index (χ1n) is 5.81. The van der Waals surface area contributed by atoms with Crippen molar-refractivity contribution < 1.29 is 10.2 Å². The number of benzene rings is 1. The lowest BCUT2D eigenvalue weighted by atomic mass is 9.85. The molecule has 0 spiro atoms. The third-order valence-electron chi connectivity index (χ3n) is 3.29. The van der Waals surface area contributed by atoms with E-state index >= 15 is 0 Å². The molecule has 0 atom stereocenters. The maximum absolute atomic E-state index is 10.4. The second kappa shape index (κ2) is 4.44. The standard InChI is InChI=1S/C13H19NO2/c1-10-2-3-11(12(15)8-10)9-13(16)4-6-14-7-5-13/h2-3,8,14-16H,4-7,9H2,1H3. The van der Waals surface area contributed by atoms with E-state index in [-0.39, 0.29) is 0 Å². The van der Waals surface area contributed by atoms with Crippen LogP contribution in [0.3, 0.4) is 0 Å². The Balaban J connectivity index is 2.13. The molecule has 0 aliphatic carbocycles. The lowest BCUT2D eigenvalue weighted by Gasteiger charge is -2.32. The molecule has 2 rings (SSSR count). The summed E-state index contributed by atoms with van der Waals surface area (Å²) in [7, 11) is 0. The number of nitrogens with one attached hydrogen (secondary N) is 1. The van der Waals surface area contributed by atoms with E-state index in [0.717, 1.165) is 37.1 Å². The van der Waals surface area contributed by atoms with Gasteiger partial charge in [-0.2, -0.15) is 0 Å². The predicted molar refractivity (Wildman–Crippen MR) is 63.6 cm³/mol. The Morgan fingerprint density at radius 2 is 2.00 bits per heavy atom. The number of aryl methyl sites for hydroxylation is 1. The fourth-order valence-corrected chi connectivity index (χ4v) is 2.25. The number of aromatic hydroxyl groups is 1. The van der Waals surface area contributed by atoms with Gasteiger partial charge in [-0.3, -0.25) is 0 Å². The Labute approximate surface area is 96.1 Å².